The standard InChI is InChI=1S/C16H28O/c1-15(2,17)16-10-4-8-12-6-3-7-13(14(12)16)9-5-11-16/h12-14,17H,3-11H2,1-2H3. The normalized spacial score (nSPS) is 46.4. The van der Waals surface area contributed by atoms with Crippen molar-refractivity contribution in [1.29, 1.82) is 0 Å². The topological polar surface area (TPSA) is 20.2 Å². The zero-order valence-electron chi connectivity index (χ0n) is 11.5. The lowest BCUT2D eigenvalue weighted by atomic mass is 9.45. The number of hydrogen-bond donors (Lipinski definition) is 1. The quantitative estimate of drug-likeness (QED) is 0.725. The molecule has 0 saturated heterocycles. The van der Waals surface area contributed by atoms with Crippen molar-refractivity contribution >= 4 is 0 Å². The van der Waals surface area contributed by atoms with Gasteiger partial charge < -0.3 is 5.11 Å². The van der Waals surface area contributed by atoms with Crippen LogP contribution in [0.4, 0.5) is 0 Å². The molecular formula is C16H28O. The monoisotopic (exact) mass is 236 g/mol. The van der Waals surface area contributed by atoms with E-state index in [1.807, 2.05) is 0 Å². The third-order valence-corrected chi connectivity index (χ3v) is 6.42. The predicted octanol–water partition coefficient (Wildman–Crippen LogP) is 4.14. The van der Waals surface area contributed by atoms with Crippen LogP contribution in [0.1, 0.15) is 71.6 Å². The van der Waals surface area contributed by atoms with Crippen LogP contribution in [0.5, 0.6) is 0 Å². The summed E-state index contributed by atoms with van der Waals surface area (Å²) >= 11 is 0. The molecule has 2 atom stereocenters. The molecule has 3 aliphatic carbocycles. The van der Waals surface area contributed by atoms with Gasteiger partial charge in [0.1, 0.15) is 0 Å². The summed E-state index contributed by atoms with van der Waals surface area (Å²) in [5.74, 6) is 2.72. The first-order valence-corrected chi connectivity index (χ1v) is 7.77. The fourth-order valence-corrected chi connectivity index (χ4v) is 5.77. The number of rotatable bonds is 1. The van der Waals surface area contributed by atoms with Gasteiger partial charge in [-0.3, -0.25) is 0 Å². The van der Waals surface area contributed by atoms with Crippen molar-refractivity contribution in [3.05, 3.63) is 0 Å². The van der Waals surface area contributed by atoms with Crippen LogP contribution in [0.3, 0.4) is 0 Å². The zero-order chi connectivity index (χ0) is 12.1. The van der Waals surface area contributed by atoms with E-state index in [0.717, 1.165) is 17.8 Å². The lowest BCUT2D eigenvalue weighted by Crippen LogP contribution is -2.57. The van der Waals surface area contributed by atoms with Gasteiger partial charge in [0.15, 0.2) is 0 Å². The summed E-state index contributed by atoms with van der Waals surface area (Å²) in [6.45, 7) is 4.18. The number of hydrogen-bond acceptors (Lipinski definition) is 1. The van der Waals surface area contributed by atoms with E-state index in [9.17, 15) is 5.11 Å². The van der Waals surface area contributed by atoms with Crippen molar-refractivity contribution in [3.8, 4) is 0 Å². The molecule has 0 aromatic rings. The van der Waals surface area contributed by atoms with Crippen LogP contribution in [0.25, 0.3) is 0 Å². The second-order valence-electron chi connectivity index (χ2n) is 7.48. The molecule has 0 amide bonds. The fraction of sp³-hybridized carbons (Fsp3) is 1.00. The average molecular weight is 236 g/mol. The Morgan fingerprint density at radius 1 is 0.882 bits per heavy atom. The maximum atomic E-state index is 10.8. The summed E-state index contributed by atoms with van der Waals surface area (Å²) in [5, 5.41) is 10.8. The molecule has 0 aliphatic heterocycles. The minimum Gasteiger partial charge on any atom is -0.390 e. The molecule has 98 valence electrons. The van der Waals surface area contributed by atoms with E-state index in [-0.39, 0.29) is 5.41 Å². The number of aliphatic hydroxyl groups is 1. The smallest absolute Gasteiger partial charge is 0.0650 e. The average Bonchev–Trinajstić information content (AvgIpc) is 2.29. The molecule has 0 spiro atoms. The Bertz CT molecular complexity index is 266. The van der Waals surface area contributed by atoms with Gasteiger partial charge in [-0.15, -0.1) is 0 Å². The summed E-state index contributed by atoms with van der Waals surface area (Å²) in [7, 11) is 0. The van der Waals surface area contributed by atoms with E-state index < -0.39 is 5.60 Å². The predicted molar refractivity (Wildman–Crippen MR) is 70.8 cm³/mol. The molecule has 0 bridgehead atoms. The second-order valence-corrected chi connectivity index (χ2v) is 7.48. The van der Waals surface area contributed by atoms with Crippen LogP contribution < -0.4 is 0 Å². The Balaban J connectivity index is 1.99. The van der Waals surface area contributed by atoms with Gasteiger partial charge in [-0.05, 0) is 44.4 Å². The summed E-state index contributed by atoms with van der Waals surface area (Å²) in [4.78, 5) is 0. The van der Waals surface area contributed by atoms with Gasteiger partial charge in [0, 0.05) is 5.41 Å². The van der Waals surface area contributed by atoms with E-state index in [4.69, 9.17) is 0 Å². The highest BCUT2D eigenvalue weighted by Crippen LogP contribution is 2.62. The molecule has 3 aliphatic rings. The second kappa shape index (κ2) is 3.98. The largest absolute Gasteiger partial charge is 0.390 e. The third kappa shape index (κ3) is 1.69. The summed E-state index contributed by atoms with van der Waals surface area (Å²) in [5.41, 5.74) is -0.203. The van der Waals surface area contributed by atoms with Crippen LogP contribution in [0, 0.1) is 23.2 Å². The molecule has 3 rings (SSSR count). The van der Waals surface area contributed by atoms with Gasteiger partial charge in [-0.2, -0.15) is 0 Å². The molecule has 2 unspecified atom stereocenters. The SMILES string of the molecule is CC(C)(O)C12CCCC3CCCC(CCC1)C32. The van der Waals surface area contributed by atoms with Crippen molar-refractivity contribution in [2.24, 2.45) is 23.2 Å². The Morgan fingerprint density at radius 3 is 1.82 bits per heavy atom. The Kier molecular flexibility index (Phi) is 2.81. The zero-order valence-corrected chi connectivity index (χ0v) is 11.5. The highest BCUT2D eigenvalue weighted by Gasteiger charge is 2.57. The fourth-order valence-electron chi connectivity index (χ4n) is 5.77. The van der Waals surface area contributed by atoms with Crippen LogP contribution in [0.2, 0.25) is 0 Å². The van der Waals surface area contributed by atoms with Crippen molar-refractivity contribution < 1.29 is 5.11 Å². The van der Waals surface area contributed by atoms with E-state index >= 15 is 0 Å². The maximum absolute atomic E-state index is 10.8. The van der Waals surface area contributed by atoms with Gasteiger partial charge in [-0.1, -0.05) is 44.9 Å². The van der Waals surface area contributed by atoms with E-state index in [1.54, 1.807) is 0 Å². The van der Waals surface area contributed by atoms with Crippen molar-refractivity contribution in [1.82, 2.24) is 0 Å². The van der Waals surface area contributed by atoms with Gasteiger partial charge in [0.2, 0.25) is 0 Å². The Labute approximate surface area is 106 Å². The minimum atomic E-state index is -0.466. The minimum absolute atomic E-state index is 0.263. The summed E-state index contributed by atoms with van der Waals surface area (Å²) in [6.07, 6.45) is 12.5. The van der Waals surface area contributed by atoms with E-state index in [2.05, 4.69) is 13.8 Å². The first-order chi connectivity index (χ1) is 8.05. The Hall–Kier alpha value is -0.0400. The first-order valence-electron chi connectivity index (χ1n) is 7.77. The summed E-state index contributed by atoms with van der Waals surface area (Å²) < 4.78 is 0. The van der Waals surface area contributed by atoms with E-state index in [1.165, 1.54) is 57.8 Å². The van der Waals surface area contributed by atoms with Gasteiger partial charge in [-0.25, -0.2) is 0 Å². The molecule has 0 heterocycles. The lowest BCUT2D eigenvalue weighted by Gasteiger charge is -2.61. The van der Waals surface area contributed by atoms with Crippen LogP contribution in [-0.2, 0) is 0 Å². The molecular weight excluding hydrogens is 208 g/mol. The van der Waals surface area contributed by atoms with Crippen molar-refractivity contribution in [2.45, 2.75) is 77.2 Å². The van der Waals surface area contributed by atoms with Crippen LogP contribution in [-0.4, -0.2) is 10.7 Å². The third-order valence-electron chi connectivity index (χ3n) is 6.42. The van der Waals surface area contributed by atoms with Gasteiger partial charge >= 0.3 is 0 Å². The first kappa shape index (κ1) is 12.0. The molecule has 0 radical (unpaired) electrons. The van der Waals surface area contributed by atoms with Crippen LogP contribution >= 0.6 is 0 Å². The molecule has 1 N–H and O–H groups in total. The lowest BCUT2D eigenvalue weighted by molar-refractivity contribution is -0.174. The highest BCUT2D eigenvalue weighted by molar-refractivity contribution is 5.07. The molecule has 17 heavy (non-hydrogen) atoms. The molecule has 1 heteroatoms. The molecule has 0 aromatic carbocycles. The van der Waals surface area contributed by atoms with Gasteiger partial charge in [0.25, 0.3) is 0 Å². The molecule has 3 fully saturated rings. The molecule has 0 aromatic heterocycles. The maximum Gasteiger partial charge on any atom is 0.0650 e. The highest BCUT2D eigenvalue weighted by atomic mass is 16.3. The van der Waals surface area contributed by atoms with E-state index in [0.29, 0.717) is 0 Å². The molecule has 3 saturated carbocycles. The molecule has 1 nitrogen and oxygen atoms in total. The van der Waals surface area contributed by atoms with Gasteiger partial charge in [0.05, 0.1) is 5.60 Å². The van der Waals surface area contributed by atoms with Crippen molar-refractivity contribution in [3.63, 3.8) is 0 Å². The van der Waals surface area contributed by atoms with Crippen LogP contribution in [0.15, 0.2) is 0 Å². The summed E-state index contributed by atoms with van der Waals surface area (Å²) in [6, 6.07) is 0. The Morgan fingerprint density at radius 2 is 1.35 bits per heavy atom. The van der Waals surface area contributed by atoms with Crippen molar-refractivity contribution in [2.75, 3.05) is 0 Å².